The molecule has 1 unspecified atom stereocenters. The third-order valence-electron chi connectivity index (χ3n) is 3.63. The number of carbonyl (C=O) groups excluding carboxylic acids is 1. The third kappa shape index (κ3) is 4.58. The summed E-state index contributed by atoms with van der Waals surface area (Å²) in [5.74, 6) is 0.295. The lowest BCUT2D eigenvalue weighted by molar-refractivity contribution is -0.129. The molecule has 1 amide bonds. The number of hydrogen-bond donors (Lipinski definition) is 1. The Kier molecular flexibility index (Phi) is 6.65. The van der Waals surface area contributed by atoms with Crippen LogP contribution < -0.4 is 5.32 Å². The number of amides is 1. The molecule has 1 rings (SSSR count). The van der Waals surface area contributed by atoms with Crippen molar-refractivity contribution in [2.24, 2.45) is 0 Å². The maximum Gasteiger partial charge on any atom is 0.239 e. The number of carbonyl (C=O) groups is 1. The van der Waals surface area contributed by atoms with Gasteiger partial charge in [0.25, 0.3) is 0 Å². The highest BCUT2D eigenvalue weighted by atomic mass is 16.2. The van der Waals surface area contributed by atoms with Gasteiger partial charge >= 0.3 is 0 Å². The van der Waals surface area contributed by atoms with Gasteiger partial charge in [-0.05, 0) is 32.5 Å². The first kappa shape index (κ1) is 15.4. The molecule has 18 heavy (non-hydrogen) atoms. The van der Waals surface area contributed by atoms with Gasteiger partial charge < -0.3 is 15.1 Å². The molecular formula is C14H29N3O. The van der Waals surface area contributed by atoms with Gasteiger partial charge in [0.05, 0.1) is 6.04 Å². The lowest BCUT2D eigenvalue weighted by Crippen LogP contribution is -2.42. The van der Waals surface area contributed by atoms with E-state index < -0.39 is 0 Å². The van der Waals surface area contributed by atoms with Crippen LogP contribution >= 0.6 is 0 Å². The van der Waals surface area contributed by atoms with E-state index in [1.807, 2.05) is 4.90 Å². The second kappa shape index (κ2) is 7.74. The second-order valence-electron chi connectivity index (χ2n) is 5.37. The Hall–Kier alpha value is -0.610. The van der Waals surface area contributed by atoms with E-state index in [0.29, 0.717) is 11.9 Å². The third-order valence-corrected chi connectivity index (χ3v) is 3.63. The molecule has 0 aromatic carbocycles. The van der Waals surface area contributed by atoms with Crippen LogP contribution in [0.4, 0.5) is 0 Å². The van der Waals surface area contributed by atoms with E-state index in [1.165, 1.54) is 0 Å². The van der Waals surface area contributed by atoms with Crippen molar-refractivity contribution in [2.45, 2.75) is 52.6 Å². The molecule has 4 nitrogen and oxygen atoms in total. The highest BCUT2D eigenvalue weighted by Crippen LogP contribution is 2.12. The van der Waals surface area contributed by atoms with Crippen molar-refractivity contribution in [1.29, 1.82) is 0 Å². The lowest BCUT2D eigenvalue weighted by atomic mass is 10.2. The van der Waals surface area contributed by atoms with E-state index >= 15 is 0 Å². The molecule has 1 saturated heterocycles. The van der Waals surface area contributed by atoms with Gasteiger partial charge in [0.2, 0.25) is 5.91 Å². The molecular weight excluding hydrogens is 226 g/mol. The zero-order chi connectivity index (χ0) is 13.5. The summed E-state index contributed by atoms with van der Waals surface area (Å²) in [5.41, 5.74) is 0. The van der Waals surface area contributed by atoms with E-state index in [1.54, 1.807) is 0 Å². The van der Waals surface area contributed by atoms with Crippen molar-refractivity contribution in [1.82, 2.24) is 15.1 Å². The van der Waals surface area contributed by atoms with Crippen molar-refractivity contribution in [3.63, 3.8) is 0 Å². The van der Waals surface area contributed by atoms with Gasteiger partial charge in [0.15, 0.2) is 0 Å². The van der Waals surface area contributed by atoms with Crippen molar-refractivity contribution >= 4 is 5.91 Å². The van der Waals surface area contributed by atoms with Gasteiger partial charge in [-0.3, -0.25) is 4.79 Å². The summed E-state index contributed by atoms with van der Waals surface area (Å²) >= 11 is 0. The molecule has 1 atom stereocenters. The molecule has 0 saturated carbocycles. The van der Waals surface area contributed by atoms with Gasteiger partial charge in [-0.25, -0.2) is 0 Å². The van der Waals surface area contributed by atoms with Crippen molar-refractivity contribution < 1.29 is 4.79 Å². The fraction of sp³-hybridized carbons (Fsp3) is 0.929. The average Bonchev–Trinajstić information content (AvgIpc) is 2.66. The molecule has 4 heteroatoms. The van der Waals surface area contributed by atoms with Crippen LogP contribution in [0, 0.1) is 0 Å². The van der Waals surface area contributed by atoms with Crippen LogP contribution in [0.15, 0.2) is 0 Å². The molecule has 1 fully saturated rings. The Labute approximate surface area is 112 Å². The summed E-state index contributed by atoms with van der Waals surface area (Å²) in [7, 11) is 0. The van der Waals surface area contributed by atoms with Crippen LogP contribution in [0.25, 0.3) is 0 Å². The van der Waals surface area contributed by atoms with Crippen LogP contribution in [0.1, 0.15) is 40.5 Å². The molecule has 0 radical (unpaired) electrons. The quantitative estimate of drug-likeness (QED) is 0.710. The van der Waals surface area contributed by atoms with E-state index in [4.69, 9.17) is 0 Å². The van der Waals surface area contributed by atoms with Crippen LogP contribution in [0.5, 0.6) is 0 Å². The van der Waals surface area contributed by atoms with E-state index in [-0.39, 0.29) is 6.04 Å². The lowest BCUT2D eigenvalue weighted by Gasteiger charge is -2.21. The van der Waals surface area contributed by atoms with Gasteiger partial charge in [0.1, 0.15) is 0 Å². The van der Waals surface area contributed by atoms with E-state index in [2.05, 4.69) is 37.9 Å². The molecule has 0 aromatic heterocycles. The molecule has 1 aliphatic rings. The fourth-order valence-electron chi connectivity index (χ4n) is 2.54. The Morgan fingerprint density at radius 2 is 2.06 bits per heavy atom. The maximum absolute atomic E-state index is 12.1. The van der Waals surface area contributed by atoms with Crippen LogP contribution in [0.2, 0.25) is 0 Å². The van der Waals surface area contributed by atoms with Gasteiger partial charge in [0, 0.05) is 19.1 Å². The highest BCUT2D eigenvalue weighted by molar-refractivity contribution is 5.83. The number of nitrogens with one attached hydrogen (secondary N) is 1. The Balaban J connectivity index is 2.26. The first-order valence-corrected chi connectivity index (χ1v) is 7.35. The smallest absolute Gasteiger partial charge is 0.239 e. The summed E-state index contributed by atoms with van der Waals surface area (Å²) in [4.78, 5) is 16.5. The fourth-order valence-corrected chi connectivity index (χ4v) is 2.54. The first-order chi connectivity index (χ1) is 8.58. The summed E-state index contributed by atoms with van der Waals surface area (Å²) in [6.07, 6.45) is 2.05. The van der Waals surface area contributed by atoms with Crippen LogP contribution in [-0.4, -0.2) is 60.5 Å². The molecule has 106 valence electrons. The largest absolute Gasteiger partial charge is 0.341 e. The second-order valence-corrected chi connectivity index (χ2v) is 5.37. The Morgan fingerprint density at radius 3 is 2.61 bits per heavy atom. The maximum atomic E-state index is 12.1. The summed E-state index contributed by atoms with van der Waals surface area (Å²) in [6, 6.07) is 0.438. The SMILES string of the molecule is CCN(CC)CCCN1CCC(NC(C)C)C1=O. The van der Waals surface area contributed by atoms with Crippen molar-refractivity contribution in [3.8, 4) is 0 Å². The van der Waals surface area contributed by atoms with Gasteiger partial charge in [-0.15, -0.1) is 0 Å². The summed E-state index contributed by atoms with van der Waals surface area (Å²) in [6.45, 7) is 13.7. The zero-order valence-corrected chi connectivity index (χ0v) is 12.4. The predicted octanol–water partition coefficient (Wildman–Crippen LogP) is 1.32. The Bertz CT molecular complexity index is 251. The minimum absolute atomic E-state index is 0.0541. The van der Waals surface area contributed by atoms with Crippen LogP contribution in [-0.2, 0) is 4.79 Å². The molecule has 0 aromatic rings. The average molecular weight is 255 g/mol. The summed E-state index contributed by atoms with van der Waals surface area (Å²) < 4.78 is 0. The molecule has 0 aliphatic carbocycles. The molecule has 1 heterocycles. The number of likely N-dealkylation sites (tertiary alicyclic amines) is 1. The summed E-state index contributed by atoms with van der Waals surface area (Å²) in [5, 5.41) is 3.34. The first-order valence-electron chi connectivity index (χ1n) is 7.35. The number of nitrogens with zero attached hydrogens (tertiary/aromatic N) is 2. The van der Waals surface area contributed by atoms with Gasteiger partial charge in [-0.1, -0.05) is 27.7 Å². The predicted molar refractivity (Wildman–Crippen MR) is 75.7 cm³/mol. The normalized spacial score (nSPS) is 20.4. The van der Waals surface area contributed by atoms with Crippen LogP contribution in [0.3, 0.4) is 0 Å². The number of hydrogen-bond acceptors (Lipinski definition) is 3. The number of rotatable bonds is 8. The van der Waals surface area contributed by atoms with E-state index in [9.17, 15) is 4.79 Å². The minimum atomic E-state index is 0.0541. The zero-order valence-electron chi connectivity index (χ0n) is 12.4. The van der Waals surface area contributed by atoms with Gasteiger partial charge in [-0.2, -0.15) is 0 Å². The standard InChI is InChI=1S/C14H29N3O/c1-5-16(6-2)9-7-10-17-11-8-13(14(17)18)15-12(3)4/h12-13,15H,5-11H2,1-4H3. The monoisotopic (exact) mass is 255 g/mol. The minimum Gasteiger partial charge on any atom is -0.341 e. The van der Waals surface area contributed by atoms with Crippen molar-refractivity contribution in [3.05, 3.63) is 0 Å². The topological polar surface area (TPSA) is 35.6 Å². The van der Waals surface area contributed by atoms with E-state index in [0.717, 1.165) is 45.6 Å². The van der Waals surface area contributed by atoms with Crippen molar-refractivity contribution in [2.75, 3.05) is 32.7 Å². The Morgan fingerprint density at radius 1 is 1.39 bits per heavy atom. The molecule has 1 N–H and O–H groups in total. The highest BCUT2D eigenvalue weighted by Gasteiger charge is 2.31. The molecule has 1 aliphatic heterocycles. The molecule has 0 bridgehead atoms. The molecule has 0 spiro atoms.